The smallest absolute Gasteiger partial charge is 0.238 e. The summed E-state index contributed by atoms with van der Waals surface area (Å²) in [7, 11) is -3.58. The van der Waals surface area contributed by atoms with Crippen molar-refractivity contribution in [2.45, 2.75) is 4.90 Å². The molecular formula is C10H12N4O2S. The number of primary sulfonamides is 1. The highest BCUT2D eigenvalue weighted by Gasteiger charge is 2.04. The number of rotatable bonds is 1. The SMILES string of the molecule is Nc1ccc(S(N)(=O)=O)cc1.c1ccnnc1. The van der Waals surface area contributed by atoms with Gasteiger partial charge in [0.1, 0.15) is 0 Å². The lowest BCUT2D eigenvalue weighted by atomic mass is 10.3. The molecule has 0 amide bonds. The van der Waals surface area contributed by atoms with E-state index >= 15 is 0 Å². The van der Waals surface area contributed by atoms with Gasteiger partial charge >= 0.3 is 0 Å². The second kappa shape index (κ2) is 5.92. The molecule has 0 radical (unpaired) electrons. The van der Waals surface area contributed by atoms with Gasteiger partial charge in [0.05, 0.1) is 4.90 Å². The van der Waals surface area contributed by atoms with Crippen molar-refractivity contribution < 1.29 is 8.42 Å². The lowest BCUT2D eigenvalue weighted by Gasteiger charge is -1.96. The molecule has 2 aromatic rings. The van der Waals surface area contributed by atoms with Crippen LogP contribution in [0.15, 0.2) is 53.7 Å². The van der Waals surface area contributed by atoms with E-state index in [1.165, 1.54) is 24.3 Å². The van der Waals surface area contributed by atoms with Crippen LogP contribution >= 0.6 is 0 Å². The van der Waals surface area contributed by atoms with E-state index in [2.05, 4.69) is 10.2 Å². The highest BCUT2D eigenvalue weighted by molar-refractivity contribution is 7.89. The van der Waals surface area contributed by atoms with Crippen molar-refractivity contribution in [2.75, 3.05) is 5.73 Å². The van der Waals surface area contributed by atoms with Gasteiger partial charge in [-0.1, -0.05) is 0 Å². The van der Waals surface area contributed by atoms with Gasteiger partial charge in [-0.05, 0) is 36.4 Å². The van der Waals surface area contributed by atoms with Crippen molar-refractivity contribution in [3.05, 3.63) is 48.8 Å². The highest BCUT2D eigenvalue weighted by atomic mass is 32.2. The Kier molecular flexibility index (Phi) is 4.56. The fourth-order valence-corrected chi connectivity index (χ4v) is 1.43. The third-order valence-corrected chi connectivity index (χ3v) is 2.62. The van der Waals surface area contributed by atoms with Crippen molar-refractivity contribution in [1.82, 2.24) is 10.2 Å². The van der Waals surface area contributed by atoms with Gasteiger partial charge in [-0.3, -0.25) is 0 Å². The Morgan fingerprint density at radius 3 is 1.71 bits per heavy atom. The second-order valence-corrected chi connectivity index (χ2v) is 4.59. The van der Waals surface area contributed by atoms with Gasteiger partial charge in [-0.15, -0.1) is 0 Å². The molecular weight excluding hydrogens is 240 g/mol. The summed E-state index contributed by atoms with van der Waals surface area (Å²) in [5.41, 5.74) is 5.85. The van der Waals surface area contributed by atoms with Crippen LogP contribution in [-0.4, -0.2) is 18.6 Å². The van der Waals surface area contributed by atoms with E-state index in [0.29, 0.717) is 5.69 Å². The second-order valence-electron chi connectivity index (χ2n) is 3.03. The van der Waals surface area contributed by atoms with Gasteiger partial charge in [0, 0.05) is 18.1 Å². The molecule has 90 valence electrons. The maximum absolute atomic E-state index is 10.7. The van der Waals surface area contributed by atoms with Gasteiger partial charge in [0.25, 0.3) is 0 Å². The first kappa shape index (κ1) is 13.1. The predicted molar refractivity (Wildman–Crippen MR) is 64.3 cm³/mol. The van der Waals surface area contributed by atoms with Crippen molar-refractivity contribution in [3.63, 3.8) is 0 Å². The first-order valence-electron chi connectivity index (χ1n) is 4.60. The molecule has 0 unspecified atom stereocenters. The Hall–Kier alpha value is -1.99. The van der Waals surface area contributed by atoms with E-state index in [1.807, 2.05) is 12.1 Å². The third-order valence-electron chi connectivity index (χ3n) is 1.69. The molecule has 6 nitrogen and oxygen atoms in total. The first-order valence-corrected chi connectivity index (χ1v) is 6.15. The fourth-order valence-electron chi connectivity index (χ4n) is 0.911. The van der Waals surface area contributed by atoms with E-state index < -0.39 is 10.0 Å². The molecule has 0 spiro atoms. The number of aromatic nitrogens is 2. The van der Waals surface area contributed by atoms with Crippen molar-refractivity contribution in [3.8, 4) is 0 Å². The minimum Gasteiger partial charge on any atom is -0.399 e. The first-order chi connectivity index (χ1) is 8.00. The summed E-state index contributed by atoms with van der Waals surface area (Å²) in [4.78, 5) is 0.0756. The lowest BCUT2D eigenvalue weighted by molar-refractivity contribution is 0.598. The number of nitrogens with zero attached hydrogens (tertiary/aromatic N) is 2. The number of sulfonamides is 1. The number of hydrogen-bond donors (Lipinski definition) is 2. The van der Waals surface area contributed by atoms with Crippen LogP contribution < -0.4 is 10.9 Å². The van der Waals surface area contributed by atoms with Crippen molar-refractivity contribution in [2.24, 2.45) is 5.14 Å². The van der Waals surface area contributed by atoms with Crippen LogP contribution in [-0.2, 0) is 10.0 Å². The van der Waals surface area contributed by atoms with Crippen LogP contribution in [0.5, 0.6) is 0 Å². The van der Waals surface area contributed by atoms with Gasteiger partial charge in [0.2, 0.25) is 10.0 Å². The van der Waals surface area contributed by atoms with Crippen LogP contribution in [0.25, 0.3) is 0 Å². The quantitative estimate of drug-likeness (QED) is 0.713. The maximum Gasteiger partial charge on any atom is 0.238 e. The number of benzene rings is 1. The maximum atomic E-state index is 10.7. The molecule has 1 heterocycles. The summed E-state index contributed by atoms with van der Waals surface area (Å²) in [6.07, 6.45) is 3.28. The van der Waals surface area contributed by atoms with Crippen molar-refractivity contribution >= 4 is 15.7 Å². The normalized spacial score (nSPS) is 10.2. The molecule has 0 aliphatic carbocycles. The Labute approximate surface area is 99.3 Å². The average Bonchev–Trinajstić information content (AvgIpc) is 2.31. The molecule has 17 heavy (non-hydrogen) atoms. The number of nitrogen functional groups attached to an aromatic ring is 1. The van der Waals surface area contributed by atoms with Gasteiger partial charge < -0.3 is 5.73 Å². The standard InChI is InChI=1S/C6H8N2O2S.C4H4N2/c7-5-1-3-6(4-2-5)11(8,9)10;1-2-4-6-5-3-1/h1-4H,7H2,(H2,8,9,10);1-4H. The minimum atomic E-state index is -3.58. The van der Waals surface area contributed by atoms with Crippen LogP contribution in [0.1, 0.15) is 0 Å². The summed E-state index contributed by atoms with van der Waals surface area (Å²) in [5.74, 6) is 0. The molecule has 1 aromatic carbocycles. The molecule has 0 fully saturated rings. The van der Waals surface area contributed by atoms with E-state index in [-0.39, 0.29) is 4.90 Å². The van der Waals surface area contributed by atoms with E-state index in [4.69, 9.17) is 10.9 Å². The Balaban J connectivity index is 0.000000202. The number of anilines is 1. The molecule has 2 rings (SSSR count). The monoisotopic (exact) mass is 252 g/mol. The van der Waals surface area contributed by atoms with Crippen LogP contribution in [0, 0.1) is 0 Å². The van der Waals surface area contributed by atoms with E-state index in [9.17, 15) is 8.42 Å². The van der Waals surface area contributed by atoms with Gasteiger partial charge in [0.15, 0.2) is 0 Å². The summed E-state index contributed by atoms with van der Waals surface area (Å²) in [5, 5.41) is 11.9. The molecule has 0 saturated heterocycles. The summed E-state index contributed by atoms with van der Waals surface area (Å²) >= 11 is 0. The van der Waals surface area contributed by atoms with E-state index in [0.717, 1.165) is 0 Å². The third kappa shape index (κ3) is 5.05. The zero-order chi connectivity index (χ0) is 12.7. The molecule has 0 aliphatic rings. The molecule has 4 N–H and O–H groups in total. The topological polar surface area (TPSA) is 112 Å². The van der Waals surface area contributed by atoms with Crippen LogP contribution in [0.2, 0.25) is 0 Å². The Morgan fingerprint density at radius 1 is 0.941 bits per heavy atom. The molecule has 0 atom stereocenters. The molecule has 0 bridgehead atoms. The summed E-state index contributed by atoms with van der Waals surface area (Å²) in [6, 6.07) is 9.36. The van der Waals surface area contributed by atoms with Crippen molar-refractivity contribution in [1.29, 1.82) is 0 Å². The molecule has 1 aromatic heterocycles. The predicted octanol–water partition coefficient (Wildman–Crippen LogP) is 0.393. The lowest BCUT2D eigenvalue weighted by Crippen LogP contribution is -2.11. The number of nitrogens with two attached hydrogens (primary N) is 2. The number of hydrogen-bond acceptors (Lipinski definition) is 5. The molecule has 0 aliphatic heterocycles. The summed E-state index contributed by atoms with van der Waals surface area (Å²) < 4.78 is 21.4. The van der Waals surface area contributed by atoms with Crippen LogP contribution in [0.4, 0.5) is 5.69 Å². The Morgan fingerprint density at radius 2 is 1.41 bits per heavy atom. The zero-order valence-corrected chi connectivity index (χ0v) is 9.71. The zero-order valence-electron chi connectivity index (χ0n) is 8.89. The highest BCUT2D eigenvalue weighted by Crippen LogP contribution is 2.08. The minimum absolute atomic E-state index is 0.0756. The van der Waals surface area contributed by atoms with E-state index in [1.54, 1.807) is 12.4 Å². The molecule has 0 saturated carbocycles. The average molecular weight is 252 g/mol. The molecule has 7 heteroatoms. The van der Waals surface area contributed by atoms with Gasteiger partial charge in [-0.25, -0.2) is 13.6 Å². The fraction of sp³-hybridized carbons (Fsp3) is 0. The Bertz CT molecular complexity index is 514. The van der Waals surface area contributed by atoms with Crippen LogP contribution in [0.3, 0.4) is 0 Å². The van der Waals surface area contributed by atoms with Gasteiger partial charge in [-0.2, -0.15) is 10.2 Å². The summed E-state index contributed by atoms with van der Waals surface area (Å²) in [6.45, 7) is 0. The largest absolute Gasteiger partial charge is 0.399 e.